The van der Waals surface area contributed by atoms with E-state index in [1.165, 1.54) is 24.1 Å². The third-order valence-corrected chi connectivity index (χ3v) is 4.62. The molecule has 1 fully saturated rings. The van der Waals surface area contributed by atoms with E-state index in [9.17, 15) is 0 Å². The first-order valence-corrected chi connectivity index (χ1v) is 7.84. The van der Waals surface area contributed by atoms with Crippen molar-refractivity contribution in [1.29, 1.82) is 0 Å². The zero-order valence-corrected chi connectivity index (χ0v) is 12.2. The van der Waals surface area contributed by atoms with Crippen LogP contribution in [0.25, 0.3) is 0 Å². The number of likely N-dealkylation sites (tertiary alicyclic amines) is 1. The molecule has 1 aromatic heterocycles. The highest BCUT2D eigenvalue weighted by Crippen LogP contribution is 2.26. The first-order chi connectivity index (χ1) is 10.4. The first kappa shape index (κ1) is 12.9. The fraction of sp³-hybridized carbons (Fsp3) is 0.471. The summed E-state index contributed by atoms with van der Waals surface area (Å²) in [5.74, 6) is 1.08. The number of benzene rings is 1. The molecule has 2 aromatic rings. The molecule has 4 rings (SSSR count). The van der Waals surface area contributed by atoms with E-state index in [1.807, 2.05) is 12.3 Å². The average molecular weight is 283 g/mol. The standard InChI is InChI=1S/C17H21N3O/c1-7-18-20(8-1)16-5-10-19(13-16)9-4-14-2-3-17-15(12-14)6-11-21-17/h1-3,7-8,12,16H,4-6,9-11,13H2. The molecule has 1 saturated heterocycles. The van der Waals surface area contributed by atoms with Gasteiger partial charge >= 0.3 is 0 Å². The summed E-state index contributed by atoms with van der Waals surface area (Å²) in [7, 11) is 0. The fourth-order valence-electron chi connectivity index (χ4n) is 3.41. The summed E-state index contributed by atoms with van der Waals surface area (Å²) in [6.45, 7) is 4.28. The summed E-state index contributed by atoms with van der Waals surface area (Å²) in [4.78, 5) is 2.55. The first-order valence-electron chi connectivity index (χ1n) is 7.84. The maximum Gasteiger partial charge on any atom is 0.122 e. The molecule has 0 radical (unpaired) electrons. The minimum atomic E-state index is 0.549. The molecule has 0 aliphatic carbocycles. The van der Waals surface area contributed by atoms with E-state index >= 15 is 0 Å². The van der Waals surface area contributed by atoms with Crippen molar-refractivity contribution >= 4 is 0 Å². The predicted octanol–water partition coefficient (Wildman–Crippen LogP) is 2.31. The Hall–Kier alpha value is -1.81. The molecule has 0 bridgehead atoms. The van der Waals surface area contributed by atoms with Gasteiger partial charge in [0.05, 0.1) is 12.6 Å². The Morgan fingerprint density at radius 2 is 2.33 bits per heavy atom. The zero-order valence-electron chi connectivity index (χ0n) is 12.2. The average Bonchev–Trinajstić information content (AvgIpc) is 3.24. The van der Waals surface area contributed by atoms with Gasteiger partial charge < -0.3 is 9.64 Å². The van der Waals surface area contributed by atoms with Crippen LogP contribution in [0.3, 0.4) is 0 Å². The molecular formula is C17H21N3O. The monoisotopic (exact) mass is 283 g/mol. The van der Waals surface area contributed by atoms with E-state index in [1.54, 1.807) is 0 Å². The molecule has 2 aliphatic heterocycles. The lowest BCUT2D eigenvalue weighted by Gasteiger charge is -2.16. The molecule has 1 aromatic carbocycles. The second-order valence-corrected chi connectivity index (χ2v) is 6.02. The van der Waals surface area contributed by atoms with Crippen LogP contribution in [0.2, 0.25) is 0 Å². The summed E-state index contributed by atoms with van der Waals surface area (Å²) in [5.41, 5.74) is 2.81. The van der Waals surface area contributed by atoms with Crippen molar-refractivity contribution in [2.45, 2.75) is 25.3 Å². The quantitative estimate of drug-likeness (QED) is 0.862. The summed E-state index contributed by atoms with van der Waals surface area (Å²) in [6.07, 6.45) is 7.34. The molecule has 3 heterocycles. The fourth-order valence-corrected chi connectivity index (χ4v) is 3.41. The SMILES string of the molecule is c1cnn(C2CCN(CCc3ccc4c(c3)CCO4)C2)c1. The second kappa shape index (κ2) is 5.53. The van der Waals surface area contributed by atoms with Gasteiger partial charge in [0.15, 0.2) is 0 Å². The number of aromatic nitrogens is 2. The van der Waals surface area contributed by atoms with Crippen LogP contribution in [0.4, 0.5) is 0 Å². The third kappa shape index (κ3) is 2.68. The van der Waals surface area contributed by atoms with Crippen molar-refractivity contribution in [2.24, 2.45) is 0 Å². The molecule has 0 saturated carbocycles. The number of fused-ring (bicyclic) bond motifs is 1. The number of nitrogens with zero attached hydrogens (tertiary/aromatic N) is 3. The highest BCUT2D eigenvalue weighted by molar-refractivity contribution is 5.39. The zero-order chi connectivity index (χ0) is 14.1. The molecule has 0 amide bonds. The van der Waals surface area contributed by atoms with Crippen LogP contribution < -0.4 is 4.74 Å². The van der Waals surface area contributed by atoms with E-state index in [0.717, 1.165) is 38.3 Å². The Morgan fingerprint density at radius 3 is 3.24 bits per heavy atom. The molecule has 21 heavy (non-hydrogen) atoms. The lowest BCUT2D eigenvalue weighted by Crippen LogP contribution is -2.24. The Labute approximate surface area is 125 Å². The van der Waals surface area contributed by atoms with Crippen molar-refractivity contribution in [3.8, 4) is 5.75 Å². The summed E-state index contributed by atoms with van der Waals surface area (Å²) in [5, 5.41) is 4.37. The van der Waals surface area contributed by atoms with Crippen LogP contribution in [0, 0.1) is 0 Å². The largest absolute Gasteiger partial charge is 0.493 e. The van der Waals surface area contributed by atoms with Crippen LogP contribution in [0.15, 0.2) is 36.7 Å². The van der Waals surface area contributed by atoms with E-state index in [2.05, 4.69) is 39.1 Å². The molecule has 0 N–H and O–H groups in total. The molecule has 0 spiro atoms. The van der Waals surface area contributed by atoms with Gasteiger partial charge in [-0.05, 0) is 36.1 Å². The van der Waals surface area contributed by atoms with Crippen LogP contribution in [0.1, 0.15) is 23.6 Å². The maximum atomic E-state index is 5.57. The van der Waals surface area contributed by atoms with Gasteiger partial charge in [-0.3, -0.25) is 4.68 Å². The van der Waals surface area contributed by atoms with E-state index in [0.29, 0.717) is 6.04 Å². The van der Waals surface area contributed by atoms with Gasteiger partial charge in [0.25, 0.3) is 0 Å². The van der Waals surface area contributed by atoms with E-state index in [4.69, 9.17) is 4.74 Å². The lowest BCUT2D eigenvalue weighted by atomic mass is 10.1. The molecule has 4 heteroatoms. The van der Waals surface area contributed by atoms with Crippen molar-refractivity contribution < 1.29 is 4.74 Å². The Kier molecular flexibility index (Phi) is 3.39. The third-order valence-electron chi connectivity index (χ3n) is 4.62. The van der Waals surface area contributed by atoms with Gasteiger partial charge in [0, 0.05) is 38.4 Å². The van der Waals surface area contributed by atoms with Crippen molar-refractivity contribution in [3.05, 3.63) is 47.8 Å². The Balaban J connectivity index is 1.33. The highest BCUT2D eigenvalue weighted by Gasteiger charge is 2.23. The molecule has 1 atom stereocenters. The smallest absolute Gasteiger partial charge is 0.122 e. The summed E-state index contributed by atoms with van der Waals surface area (Å²) < 4.78 is 7.67. The van der Waals surface area contributed by atoms with Crippen molar-refractivity contribution in [3.63, 3.8) is 0 Å². The molecule has 2 aliphatic rings. The van der Waals surface area contributed by atoms with Crippen LogP contribution in [-0.2, 0) is 12.8 Å². The maximum absolute atomic E-state index is 5.57. The van der Waals surface area contributed by atoms with Gasteiger partial charge in [-0.25, -0.2) is 0 Å². The van der Waals surface area contributed by atoms with Gasteiger partial charge in [-0.15, -0.1) is 0 Å². The van der Waals surface area contributed by atoms with Gasteiger partial charge in [-0.2, -0.15) is 5.10 Å². The van der Waals surface area contributed by atoms with Crippen LogP contribution in [0.5, 0.6) is 5.75 Å². The van der Waals surface area contributed by atoms with Gasteiger partial charge in [0.1, 0.15) is 5.75 Å². The van der Waals surface area contributed by atoms with Crippen LogP contribution in [-0.4, -0.2) is 40.9 Å². The second-order valence-electron chi connectivity index (χ2n) is 6.02. The predicted molar refractivity (Wildman–Crippen MR) is 81.7 cm³/mol. The Morgan fingerprint density at radius 1 is 1.33 bits per heavy atom. The number of hydrogen-bond donors (Lipinski definition) is 0. The van der Waals surface area contributed by atoms with Crippen molar-refractivity contribution in [2.75, 3.05) is 26.2 Å². The van der Waals surface area contributed by atoms with Gasteiger partial charge in [0.2, 0.25) is 0 Å². The minimum absolute atomic E-state index is 0.549. The highest BCUT2D eigenvalue weighted by atomic mass is 16.5. The molecular weight excluding hydrogens is 262 g/mol. The minimum Gasteiger partial charge on any atom is -0.493 e. The molecule has 1 unspecified atom stereocenters. The number of ether oxygens (including phenoxy) is 1. The van der Waals surface area contributed by atoms with E-state index < -0.39 is 0 Å². The van der Waals surface area contributed by atoms with E-state index in [-0.39, 0.29) is 0 Å². The molecule has 4 nitrogen and oxygen atoms in total. The molecule has 110 valence electrons. The topological polar surface area (TPSA) is 30.3 Å². The Bertz CT molecular complexity index is 609. The summed E-state index contributed by atoms with van der Waals surface area (Å²) >= 11 is 0. The normalized spacial score (nSPS) is 21.4. The number of hydrogen-bond acceptors (Lipinski definition) is 3. The summed E-state index contributed by atoms with van der Waals surface area (Å²) in [6, 6.07) is 9.23. The number of rotatable bonds is 4. The van der Waals surface area contributed by atoms with Crippen LogP contribution >= 0.6 is 0 Å². The van der Waals surface area contributed by atoms with Crippen molar-refractivity contribution in [1.82, 2.24) is 14.7 Å². The lowest BCUT2D eigenvalue weighted by molar-refractivity contribution is 0.323. The van der Waals surface area contributed by atoms with Gasteiger partial charge in [-0.1, -0.05) is 12.1 Å².